The zero-order chi connectivity index (χ0) is 19.3. The SMILES string of the molecule is O=C1C[C@@H](c2ccc(F)cc2)C=C2Nc3ncnn3[C@@H](c3ccccc3Cl)[C@@H]12. The van der Waals surface area contributed by atoms with Crippen LogP contribution in [0, 0.1) is 11.7 Å². The monoisotopic (exact) mass is 394 g/mol. The minimum absolute atomic E-state index is 0.0883. The van der Waals surface area contributed by atoms with Gasteiger partial charge in [-0.25, -0.2) is 9.07 Å². The van der Waals surface area contributed by atoms with Gasteiger partial charge in [0.1, 0.15) is 17.9 Å². The van der Waals surface area contributed by atoms with Crippen molar-refractivity contribution in [3.8, 4) is 0 Å². The molecule has 0 saturated carbocycles. The van der Waals surface area contributed by atoms with E-state index in [-0.39, 0.29) is 23.6 Å². The highest BCUT2D eigenvalue weighted by Gasteiger charge is 2.43. The second-order valence-electron chi connectivity index (χ2n) is 7.05. The van der Waals surface area contributed by atoms with Gasteiger partial charge in [0.05, 0.1) is 12.0 Å². The minimum Gasteiger partial charge on any atom is -0.328 e. The number of allylic oxidation sites excluding steroid dienone is 2. The van der Waals surface area contributed by atoms with Crippen molar-refractivity contribution < 1.29 is 9.18 Å². The largest absolute Gasteiger partial charge is 0.328 e. The van der Waals surface area contributed by atoms with Crippen LogP contribution in [0.3, 0.4) is 0 Å². The molecule has 3 aromatic rings. The molecule has 140 valence electrons. The van der Waals surface area contributed by atoms with E-state index in [2.05, 4.69) is 15.4 Å². The number of nitrogens with zero attached hydrogens (tertiary/aromatic N) is 3. The van der Waals surface area contributed by atoms with Crippen molar-refractivity contribution in [2.75, 3.05) is 5.32 Å². The second-order valence-corrected chi connectivity index (χ2v) is 7.45. The molecule has 0 radical (unpaired) electrons. The summed E-state index contributed by atoms with van der Waals surface area (Å²) < 4.78 is 15.0. The number of aromatic nitrogens is 3. The number of fused-ring (bicyclic) bond motifs is 2. The van der Waals surface area contributed by atoms with Gasteiger partial charge in [0.2, 0.25) is 5.95 Å². The first kappa shape index (κ1) is 17.1. The van der Waals surface area contributed by atoms with E-state index in [0.29, 0.717) is 17.4 Å². The molecule has 5 nitrogen and oxygen atoms in total. The molecule has 0 unspecified atom stereocenters. The number of anilines is 1. The molecule has 2 heterocycles. The number of benzene rings is 2. The Labute approximate surface area is 165 Å². The lowest BCUT2D eigenvalue weighted by atomic mass is 9.75. The van der Waals surface area contributed by atoms with Crippen molar-refractivity contribution in [1.82, 2.24) is 14.8 Å². The zero-order valence-electron chi connectivity index (χ0n) is 14.7. The standard InChI is InChI=1S/C21H16ClFN4O/c22-16-4-2-1-3-15(16)20-19-17(26-21-24-11-25-27(20)21)9-13(10-18(19)28)12-5-7-14(23)8-6-12/h1-9,11,13,19-20H,10H2,(H,24,25,26)/t13-,19+,20-/m0/s1. The van der Waals surface area contributed by atoms with Crippen LogP contribution in [-0.2, 0) is 4.79 Å². The number of halogens is 2. The fourth-order valence-corrected chi connectivity index (χ4v) is 4.37. The molecule has 2 aliphatic rings. The van der Waals surface area contributed by atoms with Crippen molar-refractivity contribution in [3.05, 3.63) is 88.6 Å². The van der Waals surface area contributed by atoms with E-state index in [1.54, 1.807) is 16.8 Å². The van der Waals surface area contributed by atoms with Gasteiger partial charge in [-0.15, -0.1) is 0 Å². The maximum Gasteiger partial charge on any atom is 0.226 e. The fraction of sp³-hybridized carbons (Fsp3) is 0.190. The summed E-state index contributed by atoms with van der Waals surface area (Å²) in [4.78, 5) is 17.5. The van der Waals surface area contributed by atoms with Crippen molar-refractivity contribution >= 4 is 23.3 Å². The van der Waals surface area contributed by atoms with Gasteiger partial charge in [0.15, 0.2) is 0 Å². The summed E-state index contributed by atoms with van der Waals surface area (Å²) in [6.07, 6.45) is 3.85. The number of hydrogen-bond acceptors (Lipinski definition) is 4. The number of rotatable bonds is 2. The summed E-state index contributed by atoms with van der Waals surface area (Å²) in [6, 6.07) is 13.4. The van der Waals surface area contributed by atoms with Gasteiger partial charge < -0.3 is 5.32 Å². The Balaban J connectivity index is 1.62. The van der Waals surface area contributed by atoms with Gasteiger partial charge in [-0.05, 0) is 29.3 Å². The van der Waals surface area contributed by atoms with Crippen LogP contribution in [-0.4, -0.2) is 20.5 Å². The number of nitrogens with one attached hydrogen (secondary N) is 1. The molecule has 1 N–H and O–H groups in total. The van der Waals surface area contributed by atoms with E-state index >= 15 is 0 Å². The molecular formula is C21H16ClFN4O. The molecule has 3 atom stereocenters. The van der Waals surface area contributed by atoms with Crippen LogP contribution in [0.25, 0.3) is 0 Å². The number of Topliss-reactive ketones (excluding diaryl/α,β-unsaturated/α-hetero) is 1. The zero-order valence-corrected chi connectivity index (χ0v) is 15.5. The van der Waals surface area contributed by atoms with Crippen molar-refractivity contribution in [2.45, 2.75) is 18.4 Å². The first-order valence-electron chi connectivity index (χ1n) is 9.02. The molecule has 7 heteroatoms. The molecule has 2 aromatic carbocycles. The Bertz CT molecular complexity index is 1090. The highest BCUT2D eigenvalue weighted by atomic mass is 35.5. The third-order valence-electron chi connectivity index (χ3n) is 5.41. The molecule has 0 amide bonds. The smallest absolute Gasteiger partial charge is 0.226 e. The minimum atomic E-state index is -0.425. The number of hydrogen-bond donors (Lipinski definition) is 1. The summed E-state index contributed by atoms with van der Waals surface area (Å²) in [5.41, 5.74) is 2.53. The predicted molar refractivity (Wildman–Crippen MR) is 104 cm³/mol. The number of carbonyl (C=O) groups is 1. The van der Waals surface area contributed by atoms with Crippen molar-refractivity contribution in [3.63, 3.8) is 0 Å². The van der Waals surface area contributed by atoms with E-state index in [1.807, 2.05) is 30.3 Å². The molecule has 28 heavy (non-hydrogen) atoms. The van der Waals surface area contributed by atoms with E-state index in [9.17, 15) is 9.18 Å². The summed E-state index contributed by atoms with van der Waals surface area (Å²) in [7, 11) is 0. The lowest BCUT2D eigenvalue weighted by Crippen LogP contribution is -2.40. The predicted octanol–water partition coefficient (Wildman–Crippen LogP) is 4.34. The topological polar surface area (TPSA) is 59.8 Å². The number of ketones is 1. The Hall–Kier alpha value is -2.99. The molecule has 1 aliphatic heterocycles. The van der Waals surface area contributed by atoms with Gasteiger partial charge in [0.25, 0.3) is 0 Å². The Morgan fingerprint density at radius 3 is 2.71 bits per heavy atom. The van der Waals surface area contributed by atoms with Crippen LogP contribution in [0.15, 0.2) is 66.6 Å². The van der Waals surface area contributed by atoms with Crippen LogP contribution in [0.4, 0.5) is 10.3 Å². The van der Waals surface area contributed by atoms with Crippen LogP contribution in [0.1, 0.15) is 29.5 Å². The lowest BCUT2D eigenvalue weighted by molar-refractivity contribution is -0.123. The average molecular weight is 395 g/mol. The van der Waals surface area contributed by atoms with Crippen LogP contribution >= 0.6 is 11.6 Å². The van der Waals surface area contributed by atoms with Crippen LogP contribution in [0.2, 0.25) is 5.02 Å². The van der Waals surface area contributed by atoms with Crippen molar-refractivity contribution in [2.24, 2.45) is 5.92 Å². The maximum absolute atomic E-state index is 13.3. The van der Waals surface area contributed by atoms with Crippen molar-refractivity contribution in [1.29, 1.82) is 0 Å². The first-order valence-corrected chi connectivity index (χ1v) is 9.40. The summed E-state index contributed by atoms with van der Waals surface area (Å²) >= 11 is 6.46. The maximum atomic E-state index is 13.3. The summed E-state index contributed by atoms with van der Waals surface area (Å²) in [6.45, 7) is 0. The average Bonchev–Trinajstić information content (AvgIpc) is 3.15. The first-order chi connectivity index (χ1) is 13.6. The van der Waals surface area contributed by atoms with Gasteiger partial charge in [0, 0.05) is 23.1 Å². The lowest BCUT2D eigenvalue weighted by Gasteiger charge is -2.38. The Morgan fingerprint density at radius 1 is 1.14 bits per heavy atom. The van der Waals surface area contributed by atoms with Gasteiger partial charge >= 0.3 is 0 Å². The van der Waals surface area contributed by atoms with E-state index < -0.39 is 5.92 Å². The van der Waals surface area contributed by atoms with Crippen LogP contribution < -0.4 is 5.32 Å². The van der Waals surface area contributed by atoms with Gasteiger partial charge in [-0.2, -0.15) is 10.1 Å². The van der Waals surface area contributed by atoms with Gasteiger partial charge in [-0.1, -0.05) is 48.0 Å². The van der Waals surface area contributed by atoms with E-state index in [0.717, 1.165) is 16.8 Å². The second kappa shape index (κ2) is 6.56. The molecule has 0 bridgehead atoms. The molecule has 0 spiro atoms. The van der Waals surface area contributed by atoms with Crippen LogP contribution in [0.5, 0.6) is 0 Å². The summed E-state index contributed by atoms with van der Waals surface area (Å²) in [5.74, 6) is -0.177. The quantitative estimate of drug-likeness (QED) is 0.702. The van der Waals surface area contributed by atoms with Gasteiger partial charge in [-0.3, -0.25) is 4.79 Å². The highest BCUT2D eigenvalue weighted by Crippen LogP contribution is 2.45. The fourth-order valence-electron chi connectivity index (χ4n) is 4.13. The number of carbonyl (C=O) groups excluding carboxylic acids is 1. The van der Waals surface area contributed by atoms with E-state index in [4.69, 9.17) is 11.6 Å². The third-order valence-corrected chi connectivity index (χ3v) is 5.76. The normalized spacial score (nSPS) is 23.4. The highest BCUT2D eigenvalue weighted by molar-refractivity contribution is 6.31. The third kappa shape index (κ3) is 2.72. The molecule has 0 saturated heterocycles. The Kier molecular flexibility index (Phi) is 4.02. The Morgan fingerprint density at radius 2 is 1.93 bits per heavy atom. The molecule has 1 aromatic heterocycles. The molecular weight excluding hydrogens is 379 g/mol. The molecule has 1 aliphatic carbocycles. The summed E-state index contributed by atoms with van der Waals surface area (Å²) in [5, 5.41) is 8.17. The molecule has 0 fully saturated rings. The molecule has 5 rings (SSSR count). The van der Waals surface area contributed by atoms with E-state index in [1.165, 1.54) is 18.5 Å².